The third-order valence-corrected chi connectivity index (χ3v) is 6.39. The predicted molar refractivity (Wildman–Crippen MR) is 169 cm³/mol. The standard InChI is InChI=1S/C18H22FN3S.C6H12O.C2H6N2.C2H6.2CH2O/c1-21-18(8-9-22(2)13-18)7-6-15(12-23-3)14-4-5-17(19)16(10-14)11-20;1-6-2-4-7-5-3-6;1-4-2-3;3*1-2/h4-7,10,12,21H,8-9,13H2,1-3H3;6H,2-5H2,1H3;2H,1H3,(H2,3,4);1-2H3;2*1H2/b7-6+,15-12+;;;;;. The highest BCUT2D eigenvalue weighted by Crippen LogP contribution is 2.26. The Morgan fingerprint density at radius 1 is 1.30 bits per heavy atom. The highest BCUT2D eigenvalue weighted by atomic mass is 32.2. The molecule has 2 heterocycles. The van der Waals surface area contributed by atoms with E-state index < -0.39 is 5.82 Å². The van der Waals surface area contributed by atoms with Crippen molar-refractivity contribution in [1.82, 2.24) is 10.2 Å². The average Bonchev–Trinajstić information content (AvgIpc) is 3.40. The van der Waals surface area contributed by atoms with Crippen LogP contribution in [-0.2, 0) is 14.3 Å². The molecule has 2 aliphatic rings. The number of allylic oxidation sites excluding steroid dienone is 2. The molecule has 8 nitrogen and oxygen atoms in total. The summed E-state index contributed by atoms with van der Waals surface area (Å²) in [7, 11) is 5.72. The van der Waals surface area contributed by atoms with Crippen molar-refractivity contribution >= 4 is 37.3 Å². The summed E-state index contributed by atoms with van der Waals surface area (Å²) in [6.07, 6.45) is 11.1. The summed E-state index contributed by atoms with van der Waals surface area (Å²) in [5.41, 5.74) is 6.61. The molecule has 0 radical (unpaired) electrons. The van der Waals surface area contributed by atoms with Gasteiger partial charge in [-0.2, -0.15) is 5.26 Å². The first kappa shape index (κ1) is 41.6. The van der Waals surface area contributed by atoms with Gasteiger partial charge in [-0.25, -0.2) is 4.39 Å². The van der Waals surface area contributed by atoms with Crippen LogP contribution in [0.1, 0.15) is 51.2 Å². The van der Waals surface area contributed by atoms with Gasteiger partial charge in [0, 0.05) is 33.4 Å². The van der Waals surface area contributed by atoms with E-state index in [0.717, 1.165) is 49.8 Å². The molecule has 10 heteroatoms. The number of ether oxygens (including phenoxy) is 1. The van der Waals surface area contributed by atoms with Crippen LogP contribution in [0.4, 0.5) is 4.39 Å². The number of rotatable bonds is 5. The van der Waals surface area contributed by atoms with Crippen molar-refractivity contribution in [3.63, 3.8) is 0 Å². The average molecular weight is 580 g/mol. The van der Waals surface area contributed by atoms with Crippen LogP contribution in [-0.4, -0.2) is 84.1 Å². The van der Waals surface area contributed by atoms with Crippen LogP contribution in [0.2, 0.25) is 0 Å². The molecule has 40 heavy (non-hydrogen) atoms. The topological polar surface area (TPSA) is 121 Å². The van der Waals surface area contributed by atoms with Crippen molar-refractivity contribution in [3.8, 4) is 6.07 Å². The summed E-state index contributed by atoms with van der Waals surface area (Å²) in [5, 5.41) is 14.5. The van der Waals surface area contributed by atoms with Crippen LogP contribution in [0.15, 0.2) is 40.8 Å². The molecule has 0 spiro atoms. The summed E-state index contributed by atoms with van der Waals surface area (Å²) < 4.78 is 18.7. The number of nitrogens with zero attached hydrogens (tertiary/aromatic N) is 3. The lowest BCUT2D eigenvalue weighted by Crippen LogP contribution is -2.43. The van der Waals surface area contributed by atoms with E-state index in [9.17, 15) is 4.39 Å². The number of nitriles is 1. The number of likely N-dealkylation sites (tertiary alicyclic amines) is 1. The van der Waals surface area contributed by atoms with Gasteiger partial charge in [-0.05, 0) is 74.2 Å². The minimum absolute atomic E-state index is 0.0374. The molecule has 2 saturated heterocycles. The summed E-state index contributed by atoms with van der Waals surface area (Å²) in [6.45, 7) is 14.3. The number of carbonyl (C=O) groups is 2. The van der Waals surface area contributed by atoms with E-state index >= 15 is 0 Å². The van der Waals surface area contributed by atoms with Gasteiger partial charge in [-0.1, -0.05) is 39.0 Å². The van der Waals surface area contributed by atoms with Crippen LogP contribution in [0.5, 0.6) is 0 Å². The third-order valence-electron chi connectivity index (χ3n) is 5.90. The smallest absolute Gasteiger partial charge is 0.140 e. The molecule has 0 amide bonds. The molecule has 2 fully saturated rings. The second-order valence-electron chi connectivity index (χ2n) is 8.54. The van der Waals surface area contributed by atoms with E-state index in [-0.39, 0.29) is 11.1 Å². The number of halogens is 1. The van der Waals surface area contributed by atoms with E-state index in [1.54, 1.807) is 30.9 Å². The van der Waals surface area contributed by atoms with Crippen molar-refractivity contribution in [3.05, 3.63) is 52.7 Å². The lowest BCUT2D eigenvalue weighted by Gasteiger charge is -2.24. The Morgan fingerprint density at radius 3 is 2.25 bits per heavy atom. The lowest BCUT2D eigenvalue weighted by molar-refractivity contribution is -0.0987. The molecule has 0 bridgehead atoms. The van der Waals surface area contributed by atoms with Gasteiger partial charge in [-0.3, -0.25) is 4.99 Å². The molecular formula is C30H50FN5O3S. The van der Waals surface area contributed by atoms with Crippen molar-refractivity contribution in [2.24, 2.45) is 16.6 Å². The molecule has 1 unspecified atom stereocenters. The number of thioether (sulfide) groups is 1. The highest BCUT2D eigenvalue weighted by Gasteiger charge is 2.32. The van der Waals surface area contributed by atoms with Gasteiger partial charge in [0.2, 0.25) is 0 Å². The molecule has 1 aromatic carbocycles. The maximum absolute atomic E-state index is 13.5. The molecule has 1 aromatic rings. The van der Waals surface area contributed by atoms with Crippen LogP contribution in [0, 0.1) is 23.1 Å². The van der Waals surface area contributed by atoms with Gasteiger partial charge in [0.05, 0.1) is 17.4 Å². The van der Waals surface area contributed by atoms with Crippen LogP contribution in [0.25, 0.3) is 5.57 Å². The first-order valence-corrected chi connectivity index (χ1v) is 14.4. The Bertz CT molecular complexity index is 896. The molecule has 3 N–H and O–H groups in total. The number of hydrogen-bond acceptors (Lipinski definition) is 8. The number of likely N-dealkylation sites (N-methyl/N-ethyl adjacent to an activating group) is 2. The molecule has 0 aliphatic carbocycles. The monoisotopic (exact) mass is 579 g/mol. The summed E-state index contributed by atoms with van der Waals surface area (Å²) in [6, 6.07) is 6.58. The lowest BCUT2D eigenvalue weighted by atomic mass is 9.95. The van der Waals surface area contributed by atoms with Crippen molar-refractivity contribution in [2.45, 2.75) is 45.6 Å². The molecule has 0 aromatic heterocycles. The second-order valence-corrected chi connectivity index (χ2v) is 9.25. The zero-order chi connectivity index (χ0) is 31.4. The Kier molecular flexibility index (Phi) is 28.9. The van der Waals surface area contributed by atoms with E-state index in [4.69, 9.17) is 25.3 Å². The number of hydrogen-bond donors (Lipinski definition) is 2. The Balaban J connectivity index is -0.000000661. The predicted octanol–water partition coefficient (Wildman–Crippen LogP) is 4.94. The van der Waals surface area contributed by atoms with Gasteiger partial charge in [0.25, 0.3) is 0 Å². The second kappa shape index (κ2) is 27.7. The maximum Gasteiger partial charge on any atom is 0.140 e. The quantitative estimate of drug-likeness (QED) is 0.286. The van der Waals surface area contributed by atoms with Gasteiger partial charge in [-0.15, -0.1) is 11.8 Å². The van der Waals surface area contributed by atoms with E-state index in [0.29, 0.717) is 0 Å². The van der Waals surface area contributed by atoms with Crippen LogP contribution < -0.4 is 11.1 Å². The zero-order valence-electron chi connectivity index (χ0n) is 25.4. The fraction of sp³-hybridized carbons (Fsp3) is 0.533. The van der Waals surface area contributed by atoms with E-state index in [1.165, 1.54) is 25.2 Å². The number of benzene rings is 1. The largest absolute Gasteiger partial charge is 0.390 e. The van der Waals surface area contributed by atoms with E-state index in [2.05, 4.69) is 41.3 Å². The Labute approximate surface area is 245 Å². The summed E-state index contributed by atoms with van der Waals surface area (Å²) in [5.74, 6) is 0.432. The van der Waals surface area contributed by atoms with E-state index in [1.807, 2.05) is 52.2 Å². The zero-order valence-corrected chi connectivity index (χ0v) is 26.2. The minimum Gasteiger partial charge on any atom is -0.390 e. The van der Waals surface area contributed by atoms with Gasteiger partial charge in [0.15, 0.2) is 0 Å². The molecule has 2 aliphatic heterocycles. The highest BCUT2D eigenvalue weighted by molar-refractivity contribution is 8.01. The van der Waals surface area contributed by atoms with Crippen LogP contribution >= 0.6 is 11.8 Å². The third kappa shape index (κ3) is 17.7. The fourth-order valence-corrected chi connectivity index (χ4v) is 4.11. The SMILES string of the molecule is C=O.C=O.CC.CC1CCOCC1.CN=CN.CNC1(/C=C/C(=C\SC)c2ccc(F)c(C#N)c2)CCN(C)C1. The molecular weight excluding hydrogens is 529 g/mol. The van der Waals surface area contributed by atoms with Crippen molar-refractivity contribution < 1.29 is 18.7 Å². The van der Waals surface area contributed by atoms with Crippen LogP contribution in [0.3, 0.4) is 0 Å². The number of aliphatic imine (C=N–C) groups is 1. The van der Waals surface area contributed by atoms with Crippen molar-refractivity contribution in [2.75, 3.05) is 53.7 Å². The normalized spacial score (nSPS) is 18.7. The Morgan fingerprint density at radius 2 is 1.88 bits per heavy atom. The molecule has 3 rings (SSSR count). The maximum atomic E-state index is 13.5. The molecule has 226 valence electrons. The van der Waals surface area contributed by atoms with Gasteiger partial charge >= 0.3 is 0 Å². The number of nitrogens with one attached hydrogen (secondary N) is 1. The summed E-state index contributed by atoms with van der Waals surface area (Å²) >= 11 is 1.59. The fourth-order valence-electron chi connectivity index (χ4n) is 3.64. The molecule has 1 atom stereocenters. The van der Waals surface area contributed by atoms with Crippen molar-refractivity contribution in [1.29, 1.82) is 5.26 Å². The number of nitrogens with two attached hydrogens (primary N) is 1. The summed E-state index contributed by atoms with van der Waals surface area (Å²) in [4.78, 5) is 21.7. The van der Waals surface area contributed by atoms with Gasteiger partial charge < -0.3 is 30.3 Å². The van der Waals surface area contributed by atoms with Gasteiger partial charge in [0.1, 0.15) is 25.5 Å². The number of carbonyl (C=O) groups excluding carboxylic acids is 2. The minimum atomic E-state index is -0.479. The molecule has 0 saturated carbocycles. The Hall–Kier alpha value is -2.84. The first-order valence-electron chi connectivity index (χ1n) is 13.1. The first-order chi connectivity index (χ1) is 19.3.